The van der Waals surface area contributed by atoms with E-state index in [0.717, 1.165) is 44.8 Å². The lowest BCUT2D eigenvalue weighted by atomic mass is 10.1. The first kappa shape index (κ1) is 19.1. The van der Waals surface area contributed by atoms with Crippen LogP contribution in [0.3, 0.4) is 0 Å². The first-order chi connectivity index (χ1) is 13.8. The van der Waals surface area contributed by atoms with Crippen LogP contribution in [0.4, 0.5) is 0 Å². The van der Waals surface area contributed by atoms with Crippen LogP contribution >= 0.6 is 0 Å². The Morgan fingerprint density at radius 1 is 0.714 bits per heavy atom. The molecule has 0 atom stereocenters. The smallest absolute Gasteiger partial charge is 0.253 e. The van der Waals surface area contributed by atoms with Gasteiger partial charge in [0.1, 0.15) is 0 Å². The van der Waals surface area contributed by atoms with Gasteiger partial charge in [0.25, 0.3) is 5.91 Å². The molecule has 5 nitrogen and oxygen atoms in total. The Bertz CT molecular complexity index is 748. The first-order valence-corrected chi connectivity index (χ1v) is 10.5. The average molecular weight is 379 g/mol. The van der Waals surface area contributed by atoms with Gasteiger partial charge in [0.2, 0.25) is 0 Å². The van der Waals surface area contributed by atoms with Gasteiger partial charge in [0, 0.05) is 57.2 Å². The van der Waals surface area contributed by atoms with Crippen molar-refractivity contribution in [3.63, 3.8) is 0 Å². The molecule has 0 spiro atoms. The van der Waals surface area contributed by atoms with E-state index in [1.54, 1.807) is 0 Å². The number of hydrogen-bond acceptors (Lipinski definition) is 4. The topological polar surface area (TPSA) is 39.7 Å². The summed E-state index contributed by atoms with van der Waals surface area (Å²) >= 11 is 0. The number of piperazine rings is 1. The monoisotopic (exact) mass is 378 g/mol. The fourth-order valence-electron chi connectivity index (χ4n) is 4.17. The average Bonchev–Trinajstić information content (AvgIpc) is 2.76. The highest BCUT2D eigenvalue weighted by atomic mass is 16.2. The van der Waals surface area contributed by atoms with Crippen molar-refractivity contribution in [2.45, 2.75) is 32.4 Å². The van der Waals surface area contributed by atoms with E-state index in [1.807, 2.05) is 29.4 Å². The lowest BCUT2D eigenvalue weighted by Gasteiger charge is -2.34. The number of benzene rings is 1. The SMILES string of the molecule is O=C(c1ccc(CN2CCCCC2)cc1)N1CCN(Cc2ccncc2)CC1. The second-order valence-corrected chi connectivity index (χ2v) is 7.96. The predicted octanol–water partition coefficient (Wildman–Crippen LogP) is 3.03. The molecule has 0 radical (unpaired) electrons. The summed E-state index contributed by atoms with van der Waals surface area (Å²) in [4.78, 5) is 23.8. The van der Waals surface area contributed by atoms with Crippen LogP contribution < -0.4 is 0 Å². The van der Waals surface area contributed by atoms with Crippen molar-refractivity contribution >= 4 is 5.91 Å². The summed E-state index contributed by atoms with van der Waals surface area (Å²) in [5.41, 5.74) is 3.39. The van der Waals surface area contributed by atoms with Crippen molar-refractivity contribution < 1.29 is 4.79 Å². The molecule has 148 valence electrons. The Morgan fingerprint density at radius 3 is 1.93 bits per heavy atom. The van der Waals surface area contributed by atoms with Gasteiger partial charge >= 0.3 is 0 Å². The van der Waals surface area contributed by atoms with Gasteiger partial charge < -0.3 is 4.90 Å². The van der Waals surface area contributed by atoms with E-state index >= 15 is 0 Å². The Kier molecular flexibility index (Phi) is 6.34. The fourth-order valence-corrected chi connectivity index (χ4v) is 4.17. The van der Waals surface area contributed by atoms with Crippen LogP contribution in [-0.4, -0.2) is 64.9 Å². The summed E-state index contributed by atoms with van der Waals surface area (Å²) in [6.45, 7) is 7.74. The van der Waals surface area contributed by atoms with E-state index in [0.29, 0.717) is 0 Å². The van der Waals surface area contributed by atoms with E-state index in [2.05, 4.69) is 39.0 Å². The van der Waals surface area contributed by atoms with Crippen LogP contribution in [0.2, 0.25) is 0 Å². The van der Waals surface area contributed by atoms with E-state index in [-0.39, 0.29) is 5.91 Å². The van der Waals surface area contributed by atoms with Gasteiger partial charge in [-0.15, -0.1) is 0 Å². The number of hydrogen-bond donors (Lipinski definition) is 0. The summed E-state index contributed by atoms with van der Waals surface area (Å²) in [5.74, 6) is 0.160. The van der Waals surface area contributed by atoms with Crippen molar-refractivity contribution in [3.05, 3.63) is 65.5 Å². The second-order valence-electron chi connectivity index (χ2n) is 7.96. The third-order valence-electron chi connectivity index (χ3n) is 5.87. The van der Waals surface area contributed by atoms with Gasteiger partial charge in [0.05, 0.1) is 0 Å². The maximum absolute atomic E-state index is 12.9. The van der Waals surface area contributed by atoms with E-state index in [4.69, 9.17) is 0 Å². The molecule has 2 aromatic rings. The van der Waals surface area contributed by atoms with Crippen LogP contribution in [0.1, 0.15) is 40.7 Å². The molecule has 0 saturated carbocycles. The van der Waals surface area contributed by atoms with Crippen LogP contribution in [0.15, 0.2) is 48.8 Å². The lowest BCUT2D eigenvalue weighted by molar-refractivity contribution is 0.0628. The summed E-state index contributed by atoms with van der Waals surface area (Å²) in [5, 5.41) is 0. The molecular weight excluding hydrogens is 348 g/mol. The molecule has 0 unspecified atom stereocenters. The summed E-state index contributed by atoms with van der Waals surface area (Å²) in [6.07, 6.45) is 7.65. The molecule has 1 aromatic carbocycles. The minimum Gasteiger partial charge on any atom is -0.336 e. The molecule has 4 rings (SSSR count). The fraction of sp³-hybridized carbons (Fsp3) is 0.478. The zero-order valence-corrected chi connectivity index (χ0v) is 16.6. The number of piperidine rings is 1. The third-order valence-corrected chi connectivity index (χ3v) is 5.87. The third kappa shape index (κ3) is 4.97. The number of amides is 1. The van der Waals surface area contributed by atoms with Gasteiger partial charge in [-0.1, -0.05) is 18.6 Å². The normalized spacial score (nSPS) is 18.9. The highest BCUT2D eigenvalue weighted by Crippen LogP contribution is 2.15. The summed E-state index contributed by atoms with van der Waals surface area (Å²) < 4.78 is 0. The number of pyridine rings is 1. The molecule has 0 bridgehead atoms. The van der Waals surface area contributed by atoms with E-state index < -0.39 is 0 Å². The number of rotatable bonds is 5. The molecule has 2 aliphatic heterocycles. The predicted molar refractivity (Wildman–Crippen MR) is 111 cm³/mol. The molecule has 2 saturated heterocycles. The van der Waals surface area contributed by atoms with Crippen molar-refractivity contribution in [3.8, 4) is 0 Å². The number of aromatic nitrogens is 1. The quantitative estimate of drug-likeness (QED) is 0.802. The Hall–Kier alpha value is -2.24. The van der Waals surface area contributed by atoms with Gasteiger partial charge in [-0.25, -0.2) is 0 Å². The highest BCUT2D eigenvalue weighted by molar-refractivity contribution is 5.94. The number of nitrogens with zero attached hydrogens (tertiary/aromatic N) is 4. The maximum atomic E-state index is 12.9. The maximum Gasteiger partial charge on any atom is 0.253 e. The molecule has 2 fully saturated rings. The molecule has 3 heterocycles. The van der Waals surface area contributed by atoms with Crippen LogP contribution in [0, 0.1) is 0 Å². The molecule has 2 aliphatic rings. The van der Waals surface area contributed by atoms with Crippen molar-refractivity contribution in [2.24, 2.45) is 0 Å². The minimum absolute atomic E-state index is 0.160. The van der Waals surface area contributed by atoms with E-state index in [1.165, 1.54) is 43.5 Å². The van der Waals surface area contributed by atoms with Crippen LogP contribution in [0.25, 0.3) is 0 Å². The Labute approximate surface area is 168 Å². The minimum atomic E-state index is 0.160. The van der Waals surface area contributed by atoms with Crippen LogP contribution in [-0.2, 0) is 13.1 Å². The second kappa shape index (κ2) is 9.30. The van der Waals surface area contributed by atoms with Gasteiger partial charge in [0.15, 0.2) is 0 Å². The molecule has 5 heteroatoms. The van der Waals surface area contributed by atoms with Crippen molar-refractivity contribution in [1.29, 1.82) is 0 Å². The van der Waals surface area contributed by atoms with Crippen molar-refractivity contribution in [2.75, 3.05) is 39.3 Å². The largest absolute Gasteiger partial charge is 0.336 e. The molecule has 0 aliphatic carbocycles. The zero-order valence-electron chi connectivity index (χ0n) is 16.6. The number of likely N-dealkylation sites (tertiary alicyclic amines) is 1. The molecule has 28 heavy (non-hydrogen) atoms. The van der Waals surface area contributed by atoms with Gasteiger partial charge in [-0.3, -0.25) is 19.6 Å². The Balaban J connectivity index is 1.27. The molecular formula is C23H30N4O. The summed E-state index contributed by atoms with van der Waals surface area (Å²) in [7, 11) is 0. The summed E-state index contributed by atoms with van der Waals surface area (Å²) in [6, 6.07) is 12.4. The molecule has 1 amide bonds. The van der Waals surface area contributed by atoms with Crippen molar-refractivity contribution in [1.82, 2.24) is 19.7 Å². The van der Waals surface area contributed by atoms with E-state index in [9.17, 15) is 4.79 Å². The van der Waals surface area contributed by atoms with Gasteiger partial charge in [-0.2, -0.15) is 0 Å². The highest BCUT2D eigenvalue weighted by Gasteiger charge is 2.22. The molecule has 1 aromatic heterocycles. The number of carbonyl (C=O) groups is 1. The first-order valence-electron chi connectivity index (χ1n) is 10.5. The standard InChI is InChI=1S/C23H30N4O/c28-23(22-6-4-20(5-7-22)18-25-12-2-1-3-13-25)27-16-14-26(15-17-27)19-21-8-10-24-11-9-21/h4-11H,1-3,12-19H2. The van der Waals surface area contributed by atoms with Gasteiger partial charge in [-0.05, 0) is 61.3 Å². The zero-order chi connectivity index (χ0) is 19.2. The number of carbonyl (C=O) groups excluding carboxylic acids is 1. The lowest BCUT2D eigenvalue weighted by Crippen LogP contribution is -2.48. The molecule has 0 N–H and O–H groups in total. The van der Waals surface area contributed by atoms with Crippen LogP contribution in [0.5, 0.6) is 0 Å². The Morgan fingerprint density at radius 2 is 1.29 bits per heavy atom.